The van der Waals surface area contributed by atoms with Crippen molar-refractivity contribution in [3.05, 3.63) is 29.8 Å². The third kappa shape index (κ3) is 5.36. The minimum atomic E-state index is 0.623. The molecule has 0 bridgehead atoms. The quantitative estimate of drug-likeness (QED) is 0.562. The van der Waals surface area contributed by atoms with Gasteiger partial charge in [0.2, 0.25) is 0 Å². The molecule has 5 heteroatoms. The van der Waals surface area contributed by atoms with E-state index in [1.54, 1.807) is 0 Å². The van der Waals surface area contributed by atoms with Crippen molar-refractivity contribution in [1.29, 1.82) is 0 Å². The highest BCUT2D eigenvalue weighted by molar-refractivity contribution is 5.79. The van der Waals surface area contributed by atoms with Crippen LogP contribution in [0.2, 0.25) is 0 Å². The van der Waals surface area contributed by atoms with E-state index in [1.807, 2.05) is 13.1 Å². The van der Waals surface area contributed by atoms with E-state index in [0.717, 1.165) is 43.9 Å². The number of guanidine groups is 1. The number of aliphatic imine (C=N–C) groups is 1. The lowest BCUT2D eigenvalue weighted by molar-refractivity contribution is 0.267. The molecule has 25 heavy (non-hydrogen) atoms. The second-order valence-electron chi connectivity index (χ2n) is 7.09. The van der Waals surface area contributed by atoms with Gasteiger partial charge in [-0.05, 0) is 50.8 Å². The Bertz CT molecular complexity index is 571. The lowest BCUT2D eigenvalue weighted by Gasteiger charge is -2.24. The average Bonchev–Trinajstić information content (AvgIpc) is 3.37. The van der Waals surface area contributed by atoms with Crippen LogP contribution in [0.15, 0.2) is 29.3 Å². The SMILES string of the molecule is CCN1CCCC1CNC(=NC)NCc1ccccc1OCC1CC1. The molecule has 1 aliphatic heterocycles. The van der Waals surface area contributed by atoms with Crippen molar-refractivity contribution in [2.45, 2.75) is 45.2 Å². The fraction of sp³-hybridized carbons (Fsp3) is 0.650. The summed E-state index contributed by atoms with van der Waals surface area (Å²) in [6, 6.07) is 8.91. The van der Waals surface area contributed by atoms with Gasteiger partial charge < -0.3 is 15.4 Å². The maximum absolute atomic E-state index is 5.99. The monoisotopic (exact) mass is 344 g/mol. The van der Waals surface area contributed by atoms with Crippen LogP contribution in [0.3, 0.4) is 0 Å². The molecule has 0 spiro atoms. The van der Waals surface area contributed by atoms with Crippen molar-refractivity contribution in [1.82, 2.24) is 15.5 Å². The summed E-state index contributed by atoms with van der Waals surface area (Å²) in [4.78, 5) is 6.91. The lowest BCUT2D eigenvalue weighted by atomic mass is 10.2. The van der Waals surface area contributed by atoms with Crippen molar-refractivity contribution >= 4 is 5.96 Å². The molecule has 1 aliphatic carbocycles. The van der Waals surface area contributed by atoms with E-state index in [1.165, 1.54) is 37.8 Å². The Labute approximate surface area is 151 Å². The lowest BCUT2D eigenvalue weighted by Crippen LogP contribution is -2.44. The fourth-order valence-electron chi connectivity index (χ4n) is 3.44. The van der Waals surface area contributed by atoms with E-state index in [4.69, 9.17) is 4.74 Å². The van der Waals surface area contributed by atoms with E-state index in [9.17, 15) is 0 Å². The normalized spacial score (nSPS) is 21.4. The van der Waals surface area contributed by atoms with Gasteiger partial charge in [0.1, 0.15) is 5.75 Å². The van der Waals surface area contributed by atoms with Crippen molar-refractivity contribution in [2.75, 3.05) is 33.3 Å². The third-order valence-electron chi connectivity index (χ3n) is 5.22. The van der Waals surface area contributed by atoms with Crippen LogP contribution in [-0.2, 0) is 6.54 Å². The van der Waals surface area contributed by atoms with Crippen LogP contribution in [-0.4, -0.2) is 50.2 Å². The van der Waals surface area contributed by atoms with Gasteiger partial charge in [-0.1, -0.05) is 25.1 Å². The fourth-order valence-corrected chi connectivity index (χ4v) is 3.44. The van der Waals surface area contributed by atoms with Gasteiger partial charge in [-0.3, -0.25) is 9.89 Å². The minimum absolute atomic E-state index is 0.623. The number of ether oxygens (including phenoxy) is 1. The zero-order chi connectivity index (χ0) is 17.5. The summed E-state index contributed by atoms with van der Waals surface area (Å²) in [5, 5.41) is 6.91. The molecule has 1 aromatic carbocycles. The maximum atomic E-state index is 5.99. The first-order valence-corrected chi connectivity index (χ1v) is 9.69. The molecule has 0 aromatic heterocycles. The molecule has 2 aliphatic rings. The van der Waals surface area contributed by atoms with Crippen LogP contribution >= 0.6 is 0 Å². The van der Waals surface area contributed by atoms with Crippen molar-refractivity contribution < 1.29 is 4.74 Å². The molecule has 1 heterocycles. The highest BCUT2D eigenvalue weighted by atomic mass is 16.5. The number of para-hydroxylation sites is 1. The molecule has 1 saturated heterocycles. The predicted octanol–water partition coefficient (Wildman–Crippen LogP) is 2.62. The summed E-state index contributed by atoms with van der Waals surface area (Å²) in [5.41, 5.74) is 1.18. The van der Waals surface area contributed by atoms with Crippen molar-refractivity contribution in [2.24, 2.45) is 10.9 Å². The number of hydrogen-bond acceptors (Lipinski definition) is 3. The van der Waals surface area contributed by atoms with E-state index in [0.29, 0.717) is 6.04 Å². The molecule has 5 nitrogen and oxygen atoms in total. The smallest absolute Gasteiger partial charge is 0.191 e. The van der Waals surface area contributed by atoms with Gasteiger partial charge in [-0.25, -0.2) is 0 Å². The first-order valence-electron chi connectivity index (χ1n) is 9.69. The molecule has 2 fully saturated rings. The number of benzene rings is 1. The van der Waals surface area contributed by atoms with Crippen LogP contribution < -0.4 is 15.4 Å². The number of rotatable bonds is 8. The molecule has 0 amide bonds. The average molecular weight is 345 g/mol. The number of likely N-dealkylation sites (tertiary alicyclic amines) is 1. The summed E-state index contributed by atoms with van der Waals surface area (Å²) in [5.74, 6) is 2.62. The van der Waals surface area contributed by atoms with E-state index in [2.05, 4.69) is 45.6 Å². The van der Waals surface area contributed by atoms with Crippen LogP contribution in [0.1, 0.15) is 38.2 Å². The van der Waals surface area contributed by atoms with Gasteiger partial charge in [0.15, 0.2) is 5.96 Å². The third-order valence-corrected chi connectivity index (χ3v) is 5.22. The van der Waals surface area contributed by atoms with Crippen LogP contribution in [0.4, 0.5) is 0 Å². The molecular weight excluding hydrogens is 312 g/mol. The van der Waals surface area contributed by atoms with Crippen LogP contribution in [0, 0.1) is 5.92 Å². The summed E-state index contributed by atoms with van der Waals surface area (Å²) < 4.78 is 5.99. The van der Waals surface area contributed by atoms with Gasteiger partial charge in [-0.15, -0.1) is 0 Å². The van der Waals surface area contributed by atoms with Gasteiger partial charge in [0, 0.05) is 31.7 Å². The zero-order valence-corrected chi connectivity index (χ0v) is 15.6. The number of nitrogens with one attached hydrogen (secondary N) is 2. The van der Waals surface area contributed by atoms with E-state index < -0.39 is 0 Å². The molecular formula is C20H32N4O. The Hall–Kier alpha value is -1.75. The second kappa shape index (κ2) is 9.09. The molecule has 0 radical (unpaired) electrons. The van der Waals surface area contributed by atoms with Gasteiger partial charge in [0.25, 0.3) is 0 Å². The Balaban J connectivity index is 1.47. The van der Waals surface area contributed by atoms with Crippen molar-refractivity contribution in [3.8, 4) is 5.75 Å². The van der Waals surface area contributed by atoms with E-state index in [-0.39, 0.29) is 0 Å². The highest BCUT2D eigenvalue weighted by Gasteiger charge is 2.23. The Morgan fingerprint density at radius 3 is 2.84 bits per heavy atom. The number of likely N-dealkylation sites (N-methyl/N-ethyl adjacent to an activating group) is 1. The molecule has 2 N–H and O–H groups in total. The van der Waals surface area contributed by atoms with Gasteiger partial charge >= 0.3 is 0 Å². The van der Waals surface area contributed by atoms with Crippen LogP contribution in [0.25, 0.3) is 0 Å². The summed E-state index contributed by atoms with van der Waals surface area (Å²) >= 11 is 0. The number of hydrogen-bond donors (Lipinski definition) is 2. The Morgan fingerprint density at radius 1 is 1.24 bits per heavy atom. The molecule has 138 valence electrons. The minimum Gasteiger partial charge on any atom is -0.493 e. The maximum Gasteiger partial charge on any atom is 0.191 e. The summed E-state index contributed by atoms with van der Waals surface area (Å²) in [6.07, 6.45) is 5.20. The summed E-state index contributed by atoms with van der Waals surface area (Å²) in [7, 11) is 1.83. The van der Waals surface area contributed by atoms with Crippen molar-refractivity contribution in [3.63, 3.8) is 0 Å². The van der Waals surface area contributed by atoms with Gasteiger partial charge in [-0.2, -0.15) is 0 Å². The largest absolute Gasteiger partial charge is 0.493 e. The van der Waals surface area contributed by atoms with Crippen LogP contribution in [0.5, 0.6) is 5.75 Å². The first-order chi connectivity index (χ1) is 12.3. The van der Waals surface area contributed by atoms with E-state index >= 15 is 0 Å². The van der Waals surface area contributed by atoms with Gasteiger partial charge in [0.05, 0.1) is 6.61 Å². The number of nitrogens with zero attached hydrogens (tertiary/aromatic N) is 2. The Kier molecular flexibility index (Phi) is 6.56. The second-order valence-corrected chi connectivity index (χ2v) is 7.09. The zero-order valence-electron chi connectivity index (χ0n) is 15.6. The highest BCUT2D eigenvalue weighted by Crippen LogP contribution is 2.30. The standard InChI is InChI=1S/C20H32N4O/c1-3-24-12-6-8-18(24)14-23-20(21-2)22-13-17-7-4-5-9-19(17)25-15-16-10-11-16/h4-5,7,9,16,18H,3,6,8,10-15H2,1-2H3,(H2,21,22,23). The molecule has 3 rings (SSSR count). The first kappa shape index (κ1) is 18.1. The molecule has 1 unspecified atom stereocenters. The topological polar surface area (TPSA) is 48.9 Å². The molecule has 1 aromatic rings. The molecule has 1 saturated carbocycles. The Morgan fingerprint density at radius 2 is 2.08 bits per heavy atom. The summed E-state index contributed by atoms with van der Waals surface area (Å²) in [6.45, 7) is 7.11. The predicted molar refractivity (Wildman–Crippen MR) is 103 cm³/mol. The molecule has 1 atom stereocenters.